The van der Waals surface area contributed by atoms with E-state index in [1.54, 1.807) is 36.1 Å². The highest BCUT2D eigenvalue weighted by Crippen LogP contribution is 2.35. The van der Waals surface area contributed by atoms with Gasteiger partial charge in [0.15, 0.2) is 5.13 Å². The van der Waals surface area contributed by atoms with Crippen molar-refractivity contribution in [1.29, 1.82) is 0 Å². The molecule has 0 spiro atoms. The van der Waals surface area contributed by atoms with E-state index < -0.39 is 0 Å². The molecule has 9 heteroatoms. The van der Waals surface area contributed by atoms with Gasteiger partial charge in [-0.25, -0.2) is 4.98 Å². The summed E-state index contributed by atoms with van der Waals surface area (Å²) < 4.78 is 13.2. The number of fused-ring (bicyclic) bond motifs is 1. The van der Waals surface area contributed by atoms with Crippen LogP contribution in [0.1, 0.15) is 16.1 Å². The van der Waals surface area contributed by atoms with Gasteiger partial charge in [-0.3, -0.25) is 19.4 Å². The lowest BCUT2D eigenvalue weighted by Gasteiger charge is -2.19. The summed E-state index contributed by atoms with van der Waals surface area (Å²) in [6.45, 7) is 0.264. The molecule has 29 heavy (non-hydrogen) atoms. The summed E-state index contributed by atoms with van der Waals surface area (Å²) in [6, 6.07) is 11.3. The Morgan fingerprint density at radius 1 is 1.17 bits per heavy atom. The standard InChI is InChI=1S/C20H19N5O3S/c1-24-12-14(18(23-24)28-3)19(26)25(11-13-7-4-5-10-21-13)20-22-17-15(27-2)8-6-9-16(17)29-20/h4-10,12H,11H2,1-3H3. The number of aromatic nitrogens is 4. The van der Waals surface area contributed by atoms with Crippen molar-refractivity contribution in [2.24, 2.45) is 7.05 Å². The lowest BCUT2D eigenvalue weighted by molar-refractivity contribution is 0.0982. The van der Waals surface area contributed by atoms with E-state index in [-0.39, 0.29) is 18.3 Å². The number of carbonyl (C=O) groups is 1. The van der Waals surface area contributed by atoms with Crippen molar-refractivity contribution in [3.05, 3.63) is 60.0 Å². The van der Waals surface area contributed by atoms with Crippen molar-refractivity contribution in [2.75, 3.05) is 19.1 Å². The van der Waals surface area contributed by atoms with Gasteiger partial charge in [0.2, 0.25) is 5.88 Å². The van der Waals surface area contributed by atoms with E-state index in [0.717, 1.165) is 10.4 Å². The number of anilines is 1. The zero-order chi connectivity index (χ0) is 20.4. The summed E-state index contributed by atoms with van der Waals surface area (Å²) in [6.07, 6.45) is 3.34. The van der Waals surface area contributed by atoms with Crippen LogP contribution in [0, 0.1) is 0 Å². The zero-order valence-electron chi connectivity index (χ0n) is 16.2. The van der Waals surface area contributed by atoms with Crippen LogP contribution in [0.5, 0.6) is 11.6 Å². The number of pyridine rings is 1. The molecule has 0 radical (unpaired) electrons. The number of methoxy groups -OCH3 is 2. The Morgan fingerprint density at radius 2 is 2.03 bits per heavy atom. The first-order chi connectivity index (χ1) is 14.1. The average Bonchev–Trinajstić information content (AvgIpc) is 3.35. The van der Waals surface area contributed by atoms with Crippen LogP contribution in [-0.2, 0) is 13.6 Å². The number of thiazole rings is 1. The second kappa shape index (κ2) is 7.88. The molecule has 4 aromatic rings. The number of amides is 1. The van der Waals surface area contributed by atoms with E-state index in [4.69, 9.17) is 14.5 Å². The van der Waals surface area contributed by atoms with Crippen molar-refractivity contribution >= 4 is 32.6 Å². The molecule has 0 atom stereocenters. The maximum absolute atomic E-state index is 13.5. The number of hydrogen-bond acceptors (Lipinski definition) is 7. The van der Waals surface area contributed by atoms with E-state index in [2.05, 4.69) is 10.1 Å². The Labute approximate surface area is 171 Å². The highest BCUT2D eigenvalue weighted by molar-refractivity contribution is 7.22. The summed E-state index contributed by atoms with van der Waals surface area (Å²) in [5, 5.41) is 4.75. The van der Waals surface area contributed by atoms with Gasteiger partial charge in [-0.2, -0.15) is 0 Å². The Morgan fingerprint density at radius 3 is 2.76 bits per heavy atom. The Kier molecular flexibility index (Phi) is 5.13. The highest BCUT2D eigenvalue weighted by atomic mass is 32.1. The third-order valence-electron chi connectivity index (χ3n) is 4.33. The van der Waals surface area contributed by atoms with E-state index in [0.29, 0.717) is 22.0 Å². The zero-order valence-corrected chi connectivity index (χ0v) is 17.0. The second-order valence-corrected chi connectivity index (χ2v) is 7.25. The molecule has 148 valence electrons. The molecule has 8 nitrogen and oxygen atoms in total. The highest BCUT2D eigenvalue weighted by Gasteiger charge is 2.27. The second-order valence-electron chi connectivity index (χ2n) is 6.24. The van der Waals surface area contributed by atoms with Crippen LogP contribution in [0.4, 0.5) is 5.13 Å². The number of benzene rings is 1. The molecule has 0 saturated carbocycles. The first-order valence-electron chi connectivity index (χ1n) is 8.83. The van der Waals surface area contributed by atoms with Crippen molar-refractivity contribution in [3.63, 3.8) is 0 Å². The number of carbonyl (C=O) groups excluding carboxylic acids is 1. The number of nitrogens with zero attached hydrogens (tertiary/aromatic N) is 5. The van der Waals surface area contributed by atoms with Gasteiger partial charge in [0.25, 0.3) is 5.91 Å². The molecule has 0 N–H and O–H groups in total. The number of aryl methyl sites for hydroxylation is 1. The quantitative estimate of drug-likeness (QED) is 0.486. The molecule has 0 bridgehead atoms. The topological polar surface area (TPSA) is 82.4 Å². The van der Waals surface area contributed by atoms with Crippen molar-refractivity contribution in [3.8, 4) is 11.6 Å². The first-order valence-corrected chi connectivity index (χ1v) is 9.65. The Bertz CT molecular complexity index is 1160. The molecule has 1 aromatic carbocycles. The number of para-hydroxylation sites is 1. The minimum Gasteiger partial charge on any atom is -0.494 e. The molecule has 3 heterocycles. The molecule has 0 aliphatic heterocycles. The van der Waals surface area contributed by atoms with Crippen LogP contribution >= 0.6 is 11.3 Å². The predicted octanol–water partition coefficient (Wildman–Crippen LogP) is 3.29. The van der Waals surface area contributed by atoms with E-state index in [1.165, 1.54) is 18.4 Å². The fourth-order valence-corrected chi connectivity index (χ4v) is 3.96. The Balaban J connectivity index is 1.81. The molecule has 0 aliphatic carbocycles. The molecule has 1 amide bonds. The Hall–Kier alpha value is -3.46. The van der Waals surface area contributed by atoms with Crippen LogP contribution in [-0.4, -0.2) is 39.9 Å². The molecular weight excluding hydrogens is 390 g/mol. The first kappa shape index (κ1) is 18.9. The minimum atomic E-state index is -0.265. The van der Waals surface area contributed by atoms with Crippen LogP contribution in [0.3, 0.4) is 0 Å². The van der Waals surface area contributed by atoms with Gasteiger partial charge in [0.05, 0.1) is 31.2 Å². The molecule has 0 unspecified atom stereocenters. The van der Waals surface area contributed by atoms with Gasteiger partial charge in [-0.15, -0.1) is 5.10 Å². The van der Waals surface area contributed by atoms with E-state index >= 15 is 0 Å². The SMILES string of the molecule is COc1nn(C)cc1C(=O)N(Cc1ccccn1)c1nc2c(OC)cccc2s1. The van der Waals surface area contributed by atoms with Crippen LogP contribution < -0.4 is 14.4 Å². The summed E-state index contributed by atoms with van der Waals surface area (Å²) >= 11 is 1.42. The molecular formula is C20H19N5O3S. The predicted molar refractivity (Wildman–Crippen MR) is 111 cm³/mol. The van der Waals surface area contributed by atoms with Gasteiger partial charge in [-0.05, 0) is 24.3 Å². The van der Waals surface area contributed by atoms with Crippen molar-refractivity contribution in [2.45, 2.75) is 6.54 Å². The summed E-state index contributed by atoms with van der Waals surface area (Å²) in [7, 11) is 4.83. The smallest absolute Gasteiger partial charge is 0.267 e. The summed E-state index contributed by atoms with van der Waals surface area (Å²) in [4.78, 5) is 24.1. The minimum absolute atomic E-state index is 0.264. The molecule has 0 fully saturated rings. The average molecular weight is 409 g/mol. The van der Waals surface area contributed by atoms with Gasteiger partial charge in [0.1, 0.15) is 16.8 Å². The van der Waals surface area contributed by atoms with E-state index in [1.807, 2.05) is 36.4 Å². The summed E-state index contributed by atoms with van der Waals surface area (Å²) in [5.74, 6) is 0.662. The fraction of sp³-hybridized carbons (Fsp3) is 0.200. The third kappa shape index (κ3) is 3.64. The normalized spacial score (nSPS) is 10.9. The third-order valence-corrected chi connectivity index (χ3v) is 5.38. The fourth-order valence-electron chi connectivity index (χ4n) is 2.98. The van der Waals surface area contributed by atoms with Crippen molar-refractivity contribution in [1.82, 2.24) is 19.7 Å². The molecule has 0 aliphatic rings. The van der Waals surface area contributed by atoms with Crippen LogP contribution in [0.15, 0.2) is 48.8 Å². The van der Waals surface area contributed by atoms with Crippen LogP contribution in [0.25, 0.3) is 10.2 Å². The molecule has 0 saturated heterocycles. The number of hydrogen-bond donors (Lipinski definition) is 0. The maximum atomic E-state index is 13.5. The number of ether oxygens (including phenoxy) is 2. The van der Waals surface area contributed by atoms with Gasteiger partial charge < -0.3 is 9.47 Å². The maximum Gasteiger partial charge on any atom is 0.267 e. The largest absolute Gasteiger partial charge is 0.494 e. The van der Waals surface area contributed by atoms with Gasteiger partial charge >= 0.3 is 0 Å². The summed E-state index contributed by atoms with van der Waals surface area (Å²) in [5.41, 5.74) is 1.82. The van der Waals surface area contributed by atoms with Crippen LogP contribution in [0.2, 0.25) is 0 Å². The van der Waals surface area contributed by atoms with Gasteiger partial charge in [0, 0.05) is 19.4 Å². The molecule has 4 rings (SSSR count). The molecule has 3 aromatic heterocycles. The lowest BCUT2D eigenvalue weighted by Crippen LogP contribution is -2.30. The lowest BCUT2D eigenvalue weighted by atomic mass is 10.2. The number of rotatable bonds is 6. The van der Waals surface area contributed by atoms with Gasteiger partial charge in [-0.1, -0.05) is 23.5 Å². The van der Waals surface area contributed by atoms with E-state index in [9.17, 15) is 4.79 Å². The monoisotopic (exact) mass is 409 g/mol. The van der Waals surface area contributed by atoms with Crippen molar-refractivity contribution < 1.29 is 14.3 Å².